The van der Waals surface area contributed by atoms with Gasteiger partial charge in [0.05, 0.1) is 5.69 Å². The Morgan fingerprint density at radius 2 is 2.03 bits per heavy atom. The van der Waals surface area contributed by atoms with Crippen LogP contribution in [0.2, 0.25) is 0 Å². The highest BCUT2D eigenvalue weighted by Gasteiger charge is 2.20. The molecule has 0 spiro atoms. The van der Waals surface area contributed by atoms with E-state index in [1.54, 1.807) is 0 Å². The molecule has 1 N–H and O–H groups in total. The van der Waals surface area contributed by atoms with Crippen molar-refractivity contribution in [1.29, 1.82) is 0 Å². The zero-order chi connectivity index (χ0) is 23.9. The number of nitrogens with one attached hydrogen (secondary N) is 1. The molecule has 0 saturated carbocycles. The number of piperidine rings is 1. The fourth-order valence-corrected chi connectivity index (χ4v) is 5.03. The van der Waals surface area contributed by atoms with Gasteiger partial charge in [-0.3, -0.25) is 5.43 Å². The Balaban J connectivity index is 1.68. The quantitative estimate of drug-likeness (QED) is 0.209. The molecule has 2 heterocycles. The van der Waals surface area contributed by atoms with Gasteiger partial charge in [0.1, 0.15) is 5.82 Å². The lowest BCUT2D eigenvalue weighted by molar-refractivity contribution is 0.445. The van der Waals surface area contributed by atoms with Gasteiger partial charge in [-0.1, -0.05) is 51.0 Å². The van der Waals surface area contributed by atoms with Crippen molar-refractivity contribution in [2.24, 2.45) is 11.0 Å². The maximum Gasteiger partial charge on any atom is 0.136 e. The summed E-state index contributed by atoms with van der Waals surface area (Å²) >= 11 is 0. The number of benzene rings is 2. The fourth-order valence-electron chi connectivity index (χ4n) is 5.03. The van der Waals surface area contributed by atoms with Gasteiger partial charge in [-0.15, -0.1) is 0 Å². The van der Waals surface area contributed by atoms with E-state index < -0.39 is 0 Å². The van der Waals surface area contributed by atoms with Gasteiger partial charge in [-0.2, -0.15) is 5.10 Å². The third-order valence-electron chi connectivity index (χ3n) is 6.93. The number of hydrazone groups is 1. The van der Waals surface area contributed by atoms with Gasteiger partial charge in [-0.05, 0) is 60.4 Å². The first-order valence-electron chi connectivity index (χ1n) is 12.8. The third kappa shape index (κ3) is 5.69. The van der Waals surface area contributed by atoms with Crippen LogP contribution in [0.15, 0.2) is 53.6 Å². The largest absolute Gasteiger partial charge is 0.375 e. The van der Waals surface area contributed by atoms with Crippen LogP contribution in [0.3, 0.4) is 0 Å². The Morgan fingerprint density at radius 3 is 2.82 bits per heavy atom. The van der Waals surface area contributed by atoms with Crippen molar-refractivity contribution in [2.75, 3.05) is 41.9 Å². The standard InChI is InChI=1S/C29H39N5/c1-5-6-9-16-33(4)26-14-15-28(32-30-3)24(20-26)19-25-18-23-12-7-8-13-27(23)29(31-25)34-17-10-11-22(2)21-34/h7-8,12-15,18,20,22,32H,3,5-6,9-11,16-17,19,21H2,1-2,4H3/t22-/m0/s1. The molecule has 1 fully saturated rings. The number of fused-ring (bicyclic) bond motifs is 1. The predicted molar refractivity (Wildman–Crippen MR) is 148 cm³/mol. The second-order valence-corrected chi connectivity index (χ2v) is 9.77. The topological polar surface area (TPSA) is 43.8 Å². The van der Waals surface area contributed by atoms with E-state index in [0.717, 1.165) is 43.3 Å². The first-order valence-corrected chi connectivity index (χ1v) is 12.8. The minimum atomic E-state index is 0.701. The molecule has 1 saturated heterocycles. The molecule has 0 radical (unpaired) electrons. The summed E-state index contributed by atoms with van der Waals surface area (Å²) in [6.07, 6.45) is 6.98. The Morgan fingerprint density at radius 1 is 1.18 bits per heavy atom. The number of nitrogens with zero attached hydrogens (tertiary/aromatic N) is 4. The SMILES string of the molecule is C=NNc1ccc(N(C)CCCCC)cc1Cc1cc2ccccc2c(N2CCC[C@H](C)C2)n1. The Kier molecular flexibility index (Phi) is 8.04. The summed E-state index contributed by atoms with van der Waals surface area (Å²) in [6, 6.07) is 17.5. The minimum absolute atomic E-state index is 0.701. The summed E-state index contributed by atoms with van der Waals surface area (Å²) in [6.45, 7) is 11.5. The molecule has 4 rings (SSSR count). The first-order chi connectivity index (χ1) is 16.6. The van der Waals surface area contributed by atoms with Gasteiger partial charge in [-0.25, -0.2) is 4.98 Å². The van der Waals surface area contributed by atoms with Crippen LogP contribution in [0.25, 0.3) is 10.8 Å². The van der Waals surface area contributed by atoms with E-state index in [1.165, 1.54) is 54.1 Å². The van der Waals surface area contributed by atoms with E-state index in [9.17, 15) is 0 Å². The molecule has 1 aliphatic heterocycles. The van der Waals surface area contributed by atoms with Crippen molar-refractivity contribution < 1.29 is 0 Å². The molecule has 2 aromatic carbocycles. The number of aromatic nitrogens is 1. The number of unbranched alkanes of at least 4 members (excludes halogenated alkanes) is 2. The minimum Gasteiger partial charge on any atom is -0.375 e. The summed E-state index contributed by atoms with van der Waals surface area (Å²) in [5.41, 5.74) is 7.59. The molecular weight excluding hydrogens is 418 g/mol. The summed E-state index contributed by atoms with van der Waals surface area (Å²) in [4.78, 5) is 10.1. The highest BCUT2D eigenvalue weighted by molar-refractivity contribution is 5.92. The van der Waals surface area contributed by atoms with Crippen LogP contribution in [-0.4, -0.2) is 38.4 Å². The van der Waals surface area contributed by atoms with E-state index in [0.29, 0.717) is 5.92 Å². The van der Waals surface area contributed by atoms with Crippen molar-refractivity contribution >= 4 is 34.7 Å². The zero-order valence-corrected chi connectivity index (χ0v) is 21.1. The van der Waals surface area contributed by atoms with Crippen molar-refractivity contribution in [2.45, 2.75) is 52.4 Å². The normalized spacial score (nSPS) is 16.0. The van der Waals surface area contributed by atoms with Gasteiger partial charge in [0.25, 0.3) is 0 Å². The molecule has 5 nitrogen and oxygen atoms in total. The highest BCUT2D eigenvalue weighted by Crippen LogP contribution is 2.31. The molecular formula is C29H39N5. The summed E-state index contributed by atoms with van der Waals surface area (Å²) in [5.74, 6) is 1.83. The van der Waals surface area contributed by atoms with E-state index >= 15 is 0 Å². The maximum atomic E-state index is 5.23. The predicted octanol–water partition coefficient (Wildman–Crippen LogP) is 6.72. The second-order valence-electron chi connectivity index (χ2n) is 9.77. The molecule has 5 heteroatoms. The average Bonchev–Trinajstić information content (AvgIpc) is 2.85. The van der Waals surface area contributed by atoms with Crippen LogP contribution in [0.4, 0.5) is 17.2 Å². The van der Waals surface area contributed by atoms with E-state index in [1.807, 2.05) is 0 Å². The monoisotopic (exact) mass is 457 g/mol. The van der Waals surface area contributed by atoms with Gasteiger partial charge in [0.2, 0.25) is 0 Å². The van der Waals surface area contributed by atoms with E-state index in [4.69, 9.17) is 4.98 Å². The lowest BCUT2D eigenvalue weighted by Gasteiger charge is -2.33. The van der Waals surface area contributed by atoms with Crippen LogP contribution >= 0.6 is 0 Å². The number of hydrogen-bond donors (Lipinski definition) is 1. The van der Waals surface area contributed by atoms with Crippen LogP contribution in [-0.2, 0) is 6.42 Å². The zero-order valence-electron chi connectivity index (χ0n) is 21.1. The lowest BCUT2D eigenvalue weighted by Crippen LogP contribution is -2.35. The lowest BCUT2D eigenvalue weighted by atomic mass is 9.99. The van der Waals surface area contributed by atoms with Gasteiger partial charge < -0.3 is 9.80 Å². The number of hydrogen-bond acceptors (Lipinski definition) is 5. The van der Waals surface area contributed by atoms with E-state index in [-0.39, 0.29) is 0 Å². The van der Waals surface area contributed by atoms with Gasteiger partial charge in [0.15, 0.2) is 0 Å². The molecule has 3 aromatic rings. The van der Waals surface area contributed by atoms with Crippen molar-refractivity contribution in [1.82, 2.24) is 4.98 Å². The molecule has 180 valence electrons. The number of rotatable bonds is 10. The van der Waals surface area contributed by atoms with Crippen LogP contribution in [0, 0.1) is 5.92 Å². The summed E-state index contributed by atoms with van der Waals surface area (Å²) < 4.78 is 0. The highest BCUT2D eigenvalue weighted by atomic mass is 15.3. The Labute approximate surface area is 204 Å². The summed E-state index contributed by atoms with van der Waals surface area (Å²) in [5, 5.41) is 6.45. The number of pyridine rings is 1. The van der Waals surface area contributed by atoms with Crippen LogP contribution in [0.1, 0.15) is 57.2 Å². The van der Waals surface area contributed by atoms with Gasteiger partial charge >= 0.3 is 0 Å². The molecule has 1 atom stereocenters. The van der Waals surface area contributed by atoms with Crippen LogP contribution < -0.4 is 15.2 Å². The Hall–Kier alpha value is -3.08. The second kappa shape index (κ2) is 11.4. The molecule has 1 aromatic heterocycles. The average molecular weight is 458 g/mol. The number of anilines is 3. The van der Waals surface area contributed by atoms with Crippen LogP contribution in [0.5, 0.6) is 0 Å². The Bertz CT molecular complexity index is 1110. The first kappa shape index (κ1) is 24.1. The van der Waals surface area contributed by atoms with Crippen molar-refractivity contribution in [3.05, 3.63) is 59.8 Å². The molecule has 1 aliphatic rings. The molecule has 0 amide bonds. The molecule has 0 bridgehead atoms. The fraction of sp³-hybridized carbons (Fsp3) is 0.448. The maximum absolute atomic E-state index is 5.23. The smallest absolute Gasteiger partial charge is 0.136 e. The summed E-state index contributed by atoms with van der Waals surface area (Å²) in [7, 11) is 2.18. The molecule has 0 aliphatic carbocycles. The molecule has 34 heavy (non-hydrogen) atoms. The third-order valence-corrected chi connectivity index (χ3v) is 6.93. The van der Waals surface area contributed by atoms with E-state index in [2.05, 4.69) is 96.5 Å². The molecule has 0 unspecified atom stereocenters. The van der Waals surface area contributed by atoms with Crippen molar-refractivity contribution in [3.63, 3.8) is 0 Å². The van der Waals surface area contributed by atoms with Crippen molar-refractivity contribution in [3.8, 4) is 0 Å². The van der Waals surface area contributed by atoms with Gasteiger partial charge in [0, 0.05) is 56.6 Å².